The highest BCUT2D eigenvalue weighted by Gasteiger charge is 2.22. The standard InChI is InChI=1S/C21H29N3OS/c25-21(22-12-10-18-8-4-3-5-9-18)23-16-20(19-11-15-26-17-19)24-13-6-1-2-7-14-24/h3-5,8-9,11,15,17,20H,1-2,6-7,10,12-14,16H2,(H2,22,23,25). The molecule has 1 aliphatic rings. The van der Waals surface area contributed by atoms with E-state index in [9.17, 15) is 4.79 Å². The minimum absolute atomic E-state index is 0.0732. The molecule has 1 aromatic carbocycles. The van der Waals surface area contributed by atoms with Gasteiger partial charge in [0.1, 0.15) is 0 Å². The first-order valence-corrected chi connectivity index (χ1v) is 10.6. The molecule has 1 fully saturated rings. The summed E-state index contributed by atoms with van der Waals surface area (Å²) in [5.74, 6) is 0. The number of carbonyl (C=O) groups excluding carboxylic acids is 1. The average Bonchev–Trinajstić information content (AvgIpc) is 3.06. The number of amides is 2. The predicted molar refractivity (Wildman–Crippen MR) is 109 cm³/mol. The fraction of sp³-hybridized carbons (Fsp3) is 0.476. The van der Waals surface area contributed by atoms with Gasteiger partial charge in [-0.3, -0.25) is 4.90 Å². The van der Waals surface area contributed by atoms with Crippen LogP contribution in [0.5, 0.6) is 0 Å². The number of nitrogens with zero attached hydrogens (tertiary/aromatic N) is 1. The SMILES string of the molecule is O=C(NCCc1ccccc1)NCC(c1ccsc1)N1CCCCCC1. The van der Waals surface area contributed by atoms with E-state index in [1.165, 1.54) is 36.8 Å². The molecule has 0 aliphatic carbocycles. The van der Waals surface area contributed by atoms with Crippen molar-refractivity contribution in [1.29, 1.82) is 0 Å². The second kappa shape index (κ2) is 10.3. The maximum Gasteiger partial charge on any atom is 0.314 e. The molecule has 2 amide bonds. The van der Waals surface area contributed by atoms with Gasteiger partial charge in [-0.2, -0.15) is 11.3 Å². The Labute approximate surface area is 160 Å². The van der Waals surface area contributed by atoms with Crippen LogP contribution in [-0.4, -0.2) is 37.1 Å². The van der Waals surface area contributed by atoms with Crippen LogP contribution in [-0.2, 0) is 6.42 Å². The molecule has 1 aromatic heterocycles. The molecule has 2 aromatic rings. The van der Waals surface area contributed by atoms with Gasteiger partial charge in [-0.05, 0) is 60.3 Å². The van der Waals surface area contributed by atoms with E-state index < -0.39 is 0 Å². The highest BCUT2D eigenvalue weighted by molar-refractivity contribution is 7.07. The van der Waals surface area contributed by atoms with Crippen molar-refractivity contribution in [2.24, 2.45) is 0 Å². The summed E-state index contributed by atoms with van der Waals surface area (Å²) in [5.41, 5.74) is 2.56. The van der Waals surface area contributed by atoms with E-state index in [4.69, 9.17) is 0 Å². The van der Waals surface area contributed by atoms with E-state index in [2.05, 4.69) is 44.5 Å². The van der Waals surface area contributed by atoms with Gasteiger partial charge in [-0.1, -0.05) is 43.2 Å². The van der Waals surface area contributed by atoms with Gasteiger partial charge in [0.25, 0.3) is 0 Å². The highest BCUT2D eigenvalue weighted by Crippen LogP contribution is 2.25. The maximum absolute atomic E-state index is 12.2. The van der Waals surface area contributed by atoms with E-state index in [1.54, 1.807) is 11.3 Å². The molecule has 0 spiro atoms. The molecule has 5 heteroatoms. The average molecular weight is 372 g/mol. The van der Waals surface area contributed by atoms with E-state index in [0.717, 1.165) is 19.5 Å². The first kappa shape index (κ1) is 18.9. The van der Waals surface area contributed by atoms with Gasteiger partial charge >= 0.3 is 6.03 Å². The van der Waals surface area contributed by atoms with Crippen LogP contribution in [0.15, 0.2) is 47.2 Å². The van der Waals surface area contributed by atoms with Gasteiger partial charge < -0.3 is 10.6 Å². The van der Waals surface area contributed by atoms with Crippen molar-refractivity contribution in [3.63, 3.8) is 0 Å². The van der Waals surface area contributed by atoms with Crippen LogP contribution >= 0.6 is 11.3 Å². The zero-order valence-corrected chi connectivity index (χ0v) is 16.1. The first-order chi connectivity index (χ1) is 12.8. The molecule has 1 aliphatic heterocycles. The lowest BCUT2D eigenvalue weighted by Gasteiger charge is -2.30. The second-order valence-corrected chi connectivity index (χ2v) is 7.68. The largest absolute Gasteiger partial charge is 0.338 e. The van der Waals surface area contributed by atoms with Crippen LogP contribution in [0.2, 0.25) is 0 Å². The van der Waals surface area contributed by atoms with Crippen molar-refractivity contribution < 1.29 is 4.79 Å². The van der Waals surface area contributed by atoms with Crippen LogP contribution in [0.25, 0.3) is 0 Å². The third-order valence-corrected chi connectivity index (χ3v) is 5.71. The molecule has 2 heterocycles. The fourth-order valence-corrected chi connectivity index (χ4v) is 4.25. The monoisotopic (exact) mass is 371 g/mol. The van der Waals surface area contributed by atoms with Gasteiger partial charge in [-0.15, -0.1) is 0 Å². The quantitative estimate of drug-likeness (QED) is 0.766. The molecule has 140 valence electrons. The lowest BCUT2D eigenvalue weighted by Crippen LogP contribution is -2.43. The Kier molecular flexibility index (Phi) is 7.52. The van der Waals surface area contributed by atoms with E-state index in [-0.39, 0.29) is 12.1 Å². The lowest BCUT2D eigenvalue weighted by molar-refractivity contribution is 0.196. The predicted octanol–water partition coefficient (Wildman–Crippen LogP) is 4.21. The Bertz CT molecular complexity index is 637. The number of urea groups is 1. The van der Waals surface area contributed by atoms with Gasteiger partial charge in [0.15, 0.2) is 0 Å². The number of hydrogen-bond donors (Lipinski definition) is 2. The molecule has 2 N–H and O–H groups in total. The van der Waals surface area contributed by atoms with Crippen LogP contribution < -0.4 is 10.6 Å². The van der Waals surface area contributed by atoms with Crippen LogP contribution in [0, 0.1) is 0 Å². The molecule has 1 unspecified atom stereocenters. The summed E-state index contributed by atoms with van der Waals surface area (Å²) in [6.45, 7) is 3.56. The van der Waals surface area contributed by atoms with E-state index >= 15 is 0 Å². The van der Waals surface area contributed by atoms with Crippen LogP contribution in [0.4, 0.5) is 4.79 Å². The van der Waals surface area contributed by atoms with E-state index in [0.29, 0.717) is 13.1 Å². The third-order valence-electron chi connectivity index (χ3n) is 5.01. The number of thiophene rings is 1. The molecule has 0 radical (unpaired) electrons. The summed E-state index contributed by atoms with van der Waals surface area (Å²) in [6.07, 6.45) is 6.00. The molecular weight excluding hydrogens is 342 g/mol. The summed E-state index contributed by atoms with van der Waals surface area (Å²) < 4.78 is 0. The Morgan fingerprint density at radius 1 is 1.04 bits per heavy atom. The summed E-state index contributed by atoms with van der Waals surface area (Å²) in [7, 11) is 0. The number of rotatable bonds is 7. The number of nitrogens with one attached hydrogen (secondary N) is 2. The van der Waals surface area contributed by atoms with Crippen molar-refractivity contribution >= 4 is 17.4 Å². The van der Waals surface area contributed by atoms with Crippen molar-refractivity contribution in [2.45, 2.75) is 38.1 Å². The lowest BCUT2D eigenvalue weighted by atomic mass is 10.1. The summed E-state index contributed by atoms with van der Waals surface area (Å²) in [4.78, 5) is 14.8. The molecule has 0 bridgehead atoms. The number of benzene rings is 1. The first-order valence-electron chi connectivity index (χ1n) is 9.65. The molecule has 1 atom stereocenters. The molecular formula is C21H29N3OS. The zero-order chi connectivity index (χ0) is 18.0. The summed E-state index contributed by atoms with van der Waals surface area (Å²) >= 11 is 1.73. The van der Waals surface area contributed by atoms with Crippen molar-refractivity contribution in [3.05, 3.63) is 58.3 Å². The second-order valence-electron chi connectivity index (χ2n) is 6.90. The number of carbonyl (C=O) groups is 1. The third kappa shape index (κ3) is 5.85. The summed E-state index contributed by atoms with van der Waals surface area (Å²) in [6, 6.07) is 12.6. The Morgan fingerprint density at radius 3 is 2.50 bits per heavy atom. The van der Waals surface area contributed by atoms with Crippen LogP contribution in [0.1, 0.15) is 42.9 Å². The molecule has 1 saturated heterocycles. The summed E-state index contributed by atoms with van der Waals surface area (Å²) in [5, 5.41) is 10.4. The zero-order valence-electron chi connectivity index (χ0n) is 15.3. The number of likely N-dealkylation sites (tertiary alicyclic amines) is 1. The molecule has 26 heavy (non-hydrogen) atoms. The smallest absolute Gasteiger partial charge is 0.314 e. The van der Waals surface area contributed by atoms with Gasteiger partial charge in [0.05, 0.1) is 6.04 Å². The number of hydrogen-bond acceptors (Lipinski definition) is 3. The minimum atomic E-state index is -0.0732. The Hall–Kier alpha value is -1.85. The fourth-order valence-electron chi connectivity index (χ4n) is 3.55. The molecule has 3 rings (SSSR count). The topological polar surface area (TPSA) is 44.4 Å². The highest BCUT2D eigenvalue weighted by atomic mass is 32.1. The molecule has 0 saturated carbocycles. The maximum atomic E-state index is 12.2. The van der Waals surface area contributed by atoms with Crippen molar-refractivity contribution in [3.8, 4) is 0 Å². The minimum Gasteiger partial charge on any atom is -0.338 e. The van der Waals surface area contributed by atoms with Gasteiger partial charge in [-0.25, -0.2) is 4.79 Å². The van der Waals surface area contributed by atoms with E-state index in [1.807, 2.05) is 18.2 Å². The Balaban J connectivity index is 1.48. The van der Waals surface area contributed by atoms with Crippen molar-refractivity contribution in [1.82, 2.24) is 15.5 Å². The Morgan fingerprint density at radius 2 is 1.81 bits per heavy atom. The normalized spacial score (nSPS) is 16.6. The van der Waals surface area contributed by atoms with Crippen molar-refractivity contribution in [2.75, 3.05) is 26.2 Å². The van der Waals surface area contributed by atoms with Gasteiger partial charge in [0.2, 0.25) is 0 Å². The molecule has 4 nitrogen and oxygen atoms in total. The van der Waals surface area contributed by atoms with Gasteiger partial charge in [0, 0.05) is 13.1 Å². The van der Waals surface area contributed by atoms with Crippen LogP contribution in [0.3, 0.4) is 0 Å².